The lowest BCUT2D eigenvalue weighted by molar-refractivity contribution is 0.322. The van der Waals surface area contributed by atoms with Crippen LogP contribution in [-0.2, 0) is 10.8 Å². The van der Waals surface area contributed by atoms with Gasteiger partial charge < -0.3 is 4.43 Å². The van der Waals surface area contributed by atoms with E-state index in [1.54, 1.807) is 0 Å². The summed E-state index contributed by atoms with van der Waals surface area (Å²) in [6, 6.07) is 13.2. The van der Waals surface area contributed by atoms with E-state index in [2.05, 4.69) is 44.2 Å². The van der Waals surface area contributed by atoms with Crippen molar-refractivity contribution in [2.75, 3.05) is 6.61 Å². The van der Waals surface area contributed by atoms with Gasteiger partial charge in [-0.15, -0.1) is 0 Å². The van der Waals surface area contributed by atoms with Crippen molar-refractivity contribution < 1.29 is 4.43 Å². The molecule has 0 radical (unpaired) electrons. The summed E-state index contributed by atoms with van der Waals surface area (Å²) < 4.78 is 6.04. The van der Waals surface area contributed by atoms with Crippen LogP contribution in [-0.4, -0.2) is 15.6 Å². The van der Waals surface area contributed by atoms with Gasteiger partial charge in [-0.05, 0) is 24.1 Å². The molecule has 0 heterocycles. The number of rotatable bonds is 8. The smallest absolute Gasteiger partial charge is 0.176 e. The molecule has 1 aromatic carbocycles. The van der Waals surface area contributed by atoms with E-state index in [-0.39, 0.29) is 0 Å². The molecule has 0 saturated heterocycles. The van der Waals surface area contributed by atoms with Gasteiger partial charge in [0.1, 0.15) is 0 Å². The molecule has 0 N–H and O–H groups in total. The Labute approximate surface area is 102 Å². The van der Waals surface area contributed by atoms with Crippen LogP contribution in [0.2, 0.25) is 12.1 Å². The molecule has 0 saturated carbocycles. The van der Waals surface area contributed by atoms with Gasteiger partial charge in [0.05, 0.1) is 0 Å². The Bertz CT molecular complexity index is 261. The van der Waals surface area contributed by atoms with Crippen molar-refractivity contribution in [3.05, 3.63) is 35.9 Å². The molecule has 0 aliphatic rings. The van der Waals surface area contributed by atoms with E-state index in [0.29, 0.717) is 0 Å². The Morgan fingerprint density at radius 3 is 2.50 bits per heavy atom. The van der Waals surface area contributed by atoms with Crippen LogP contribution < -0.4 is 0 Å². The van der Waals surface area contributed by atoms with Gasteiger partial charge in [-0.25, -0.2) is 0 Å². The van der Waals surface area contributed by atoms with Crippen LogP contribution in [0.15, 0.2) is 30.3 Å². The van der Waals surface area contributed by atoms with Crippen LogP contribution in [0.25, 0.3) is 0 Å². The van der Waals surface area contributed by atoms with Crippen molar-refractivity contribution in [3.63, 3.8) is 0 Å². The second-order valence-corrected chi connectivity index (χ2v) is 7.25. The summed E-state index contributed by atoms with van der Waals surface area (Å²) in [6.07, 6.45) is 3.71. The highest BCUT2D eigenvalue weighted by molar-refractivity contribution is 6.51. The zero-order valence-corrected chi connectivity index (χ0v) is 11.8. The highest BCUT2D eigenvalue weighted by Crippen LogP contribution is 2.08. The number of unbranched alkanes of at least 4 members (excludes halogenated alkanes) is 1. The zero-order chi connectivity index (χ0) is 11.6. The summed E-state index contributed by atoms with van der Waals surface area (Å²) in [7, 11) is -0.872. The van der Waals surface area contributed by atoms with E-state index in [1.165, 1.54) is 30.5 Å². The first-order valence-electron chi connectivity index (χ1n) is 6.52. The highest BCUT2D eigenvalue weighted by Gasteiger charge is 2.07. The molecule has 90 valence electrons. The minimum absolute atomic E-state index is 0.872. The van der Waals surface area contributed by atoms with Crippen LogP contribution in [0.3, 0.4) is 0 Å². The maximum Gasteiger partial charge on any atom is 0.176 e. The maximum atomic E-state index is 6.04. The monoisotopic (exact) mass is 236 g/mol. The predicted octanol–water partition coefficient (Wildman–Crippen LogP) is 3.79. The van der Waals surface area contributed by atoms with Gasteiger partial charge in [0, 0.05) is 6.61 Å². The standard InChI is InChI=1S/C14H24OSi/c1-3-5-13-16(4-2)15-12-11-14-9-7-6-8-10-14/h6-10,16H,3-5,11-13H2,1-2H3. The van der Waals surface area contributed by atoms with Crippen molar-refractivity contribution in [2.45, 2.75) is 45.2 Å². The Kier molecular flexibility index (Phi) is 7.18. The molecular formula is C14H24OSi. The van der Waals surface area contributed by atoms with Gasteiger partial charge in [0.25, 0.3) is 0 Å². The SMILES string of the molecule is CCCC[SiH](CC)OCCc1ccccc1. The fourth-order valence-corrected chi connectivity index (χ4v) is 3.95. The first-order chi connectivity index (χ1) is 7.86. The van der Waals surface area contributed by atoms with Crippen LogP contribution in [0.4, 0.5) is 0 Å². The van der Waals surface area contributed by atoms with Gasteiger partial charge in [0.2, 0.25) is 0 Å². The van der Waals surface area contributed by atoms with E-state index < -0.39 is 9.04 Å². The van der Waals surface area contributed by atoms with E-state index in [4.69, 9.17) is 4.43 Å². The first kappa shape index (κ1) is 13.5. The zero-order valence-electron chi connectivity index (χ0n) is 10.6. The molecule has 0 aliphatic heterocycles. The van der Waals surface area contributed by atoms with Crippen molar-refractivity contribution in [1.82, 2.24) is 0 Å². The third-order valence-electron chi connectivity index (χ3n) is 2.92. The van der Waals surface area contributed by atoms with Crippen LogP contribution >= 0.6 is 0 Å². The largest absolute Gasteiger partial charge is 0.420 e. The van der Waals surface area contributed by atoms with Crippen LogP contribution in [0, 0.1) is 0 Å². The summed E-state index contributed by atoms with van der Waals surface area (Å²) in [5.74, 6) is 0. The molecule has 2 heteroatoms. The quantitative estimate of drug-likeness (QED) is 0.624. The van der Waals surface area contributed by atoms with Gasteiger partial charge in [-0.2, -0.15) is 0 Å². The van der Waals surface area contributed by atoms with Gasteiger partial charge in [-0.1, -0.05) is 57.0 Å². The van der Waals surface area contributed by atoms with Crippen molar-refractivity contribution in [3.8, 4) is 0 Å². The van der Waals surface area contributed by atoms with E-state index in [1.807, 2.05) is 0 Å². The molecule has 1 unspecified atom stereocenters. The maximum absolute atomic E-state index is 6.04. The van der Waals surface area contributed by atoms with Gasteiger partial charge in [-0.3, -0.25) is 0 Å². The predicted molar refractivity (Wildman–Crippen MR) is 73.4 cm³/mol. The summed E-state index contributed by atoms with van der Waals surface area (Å²) in [5, 5.41) is 0. The summed E-state index contributed by atoms with van der Waals surface area (Å²) in [4.78, 5) is 0. The fraction of sp³-hybridized carbons (Fsp3) is 0.571. The molecule has 0 amide bonds. The third kappa shape index (κ3) is 5.47. The summed E-state index contributed by atoms with van der Waals surface area (Å²) in [5.41, 5.74) is 1.39. The molecular weight excluding hydrogens is 212 g/mol. The Balaban J connectivity index is 2.18. The highest BCUT2D eigenvalue weighted by atomic mass is 28.3. The molecule has 16 heavy (non-hydrogen) atoms. The Morgan fingerprint density at radius 2 is 1.88 bits per heavy atom. The molecule has 0 aliphatic carbocycles. The summed E-state index contributed by atoms with van der Waals surface area (Å²) in [6.45, 7) is 5.44. The minimum atomic E-state index is -0.872. The molecule has 0 aromatic heterocycles. The normalized spacial score (nSPS) is 12.6. The van der Waals surface area contributed by atoms with Crippen molar-refractivity contribution in [2.24, 2.45) is 0 Å². The summed E-state index contributed by atoms with van der Waals surface area (Å²) >= 11 is 0. The second-order valence-electron chi connectivity index (χ2n) is 4.28. The van der Waals surface area contributed by atoms with Crippen LogP contribution in [0.5, 0.6) is 0 Å². The molecule has 1 aromatic rings. The van der Waals surface area contributed by atoms with E-state index >= 15 is 0 Å². The average molecular weight is 236 g/mol. The Hall–Kier alpha value is -0.603. The third-order valence-corrected chi connectivity index (χ3v) is 5.59. The van der Waals surface area contributed by atoms with Gasteiger partial charge in [0.15, 0.2) is 9.04 Å². The lowest BCUT2D eigenvalue weighted by Crippen LogP contribution is -2.18. The molecule has 0 fully saturated rings. The number of hydrogen-bond donors (Lipinski definition) is 0. The molecule has 1 atom stereocenters. The molecule has 1 nitrogen and oxygen atoms in total. The second kappa shape index (κ2) is 8.54. The number of benzene rings is 1. The fourth-order valence-electron chi connectivity index (χ4n) is 1.83. The lowest BCUT2D eigenvalue weighted by atomic mass is 10.2. The van der Waals surface area contributed by atoms with Crippen molar-refractivity contribution in [1.29, 1.82) is 0 Å². The van der Waals surface area contributed by atoms with E-state index in [9.17, 15) is 0 Å². The van der Waals surface area contributed by atoms with E-state index in [0.717, 1.165) is 13.0 Å². The molecule has 1 rings (SSSR count). The topological polar surface area (TPSA) is 9.23 Å². The minimum Gasteiger partial charge on any atom is -0.420 e. The Morgan fingerprint density at radius 1 is 1.12 bits per heavy atom. The lowest BCUT2D eigenvalue weighted by Gasteiger charge is -2.14. The van der Waals surface area contributed by atoms with Gasteiger partial charge >= 0.3 is 0 Å². The molecule has 0 spiro atoms. The number of hydrogen-bond acceptors (Lipinski definition) is 1. The average Bonchev–Trinajstić information content (AvgIpc) is 2.35. The van der Waals surface area contributed by atoms with Crippen molar-refractivity contribution >= 4 is 9.04 Å². The van der Waals surface area contributed by atoms with Crippen LogP contribution in [0.1, 0.15) is 32.3 Å². The molecule has 0 bridgehead atoms. The first-order valence-corrected chi connectivity index (χ1v) is 8.62.